The van der Waals surface area contributed by atoms with Crippen LogP contribution in [0.3, 0.4) is 0 Å². The zero-order valence-electron chi connectivity index (χ0n) is 15.1. The van der Waals surface area contributed by atoms with Gasteiger partial charge in [-0.15, -0.1) is 0 Å². The van der Waals surface area contributed by atoms with Crippen LogP contribution in [0.25, 0.3) is 5.57 Å². The lowest BCUT2D eigenvalue weighted by atomic mass is 9.77. The van der Waals surface area contributed by atoms with E-state index < -0.39 is 0 Å². The maximum Gasteiger partial charge on any atom is 0.200 e. The molecular weight excluding hydrogens is 328 g/mol. The van der Waals surface area contributed by atoms with Crippen LogP contribution in [0.15, 0.2) is 30.8 Å². The third-order valence-corrected chi connectivity index (χ3v) is 4.77. The number of carbonyl (C=O) groups is 1. The first kappa shape index (κ1) is 18.2. The zero-order chi connectivity index (χ0) is 18.8. The number of phenolic OH excluding ortho intramolecular Hbond substituents is 1. The van der Waals surface area contributed by atoms with Gasteiger partial charge in [-0.05, 0) is 53.8 Å². The summed E-state index contributed by atoms with van der Waals surface area (Å²) in [5.74, 6) is -0.197. The van der Waals surface area contributed by atoms with Crippen molar-refractivity contribution >= 4 is 17.0 Å². The molecule has 26 heavy (non-hydrogen) atoms. The number of carbonyl (C=O) groups excluding carboxylic acids is 1. The van der Waals surface area contributed by atoms with Gasteiger partial charge in [0.05, 0.1) is 17.7 Å². The summed E-state index contributed by atoms with van der Waals surface area (Å²) in [4.78, 5) is 13.2. The number of hydrogen-bond donors (Lipinski definition) is 4. The number of aliphatic hydroxyl groups excluding tert-OH is 1. The smallest absolute Gasteiger partial charge is 0.200 e. The Labute approximate surface area is 153 Å². The van der Waals surface area contributed by atoms with Crippen molar-refractivity contribution in [2.75, 3.05) is 31.6 Å². The van der Waals surface area contributed by atoms with Gasteiger partial charge in [0.25, 0.3) is 0 Å². The molecule has 0 heterocycles. The lowest BCUT2D eigenvalue weighted by molar-refractivity contribution is 0.103. The first-order chi connectivity index (χ1) is 12.5. The van der Waals surface area contributed by atoms with Gasteiger partial charge in [0, 0.05) is 25.3 Å². The van der Waals surface area contributed by atoms with E-state index in [-0.39, 0.29) is 18.1 Å². The quantitative estimate of drug-likeness (QED) is 0.513. The third kappa shape index (κ3) is 3.00. The Bertz CT molecular complexity index is 887. The fourth-order valence-electron chi connectivity index (χ4n) is 3.53. The lowest BCUT2D eigenvalue weighted by Crippen LogP contribution is -2.26. The third-order valence-electron chi connectivity index (χ3n) is 4.77. The molecule has 3 rings (SSSR count). The molecule has 0 atom stereocenters. The molecule has 2 aromatic carbocycles. The standard InChI is InChI=1S/C21H24N2O3/c1-12-4-6-15(23-9-8-22-10-11-24)19-17(12)14(3)18-13(2)5-7-16(25)20(18)21(19)26/h4-7,22-25H,3,8-11H2,1-2H3. The largest absolute Gasteiger partial charge is 0.507 e. The number of anilines is 1. The summed E-state index contributed by atoms with van der Waals surface area (Å²) < 4.78 is 0. The Morgan fingerprint density at radius 1 is 0.923 bits per heavy atom. The number of hydrogen-bond acceptors (Lipinski definition) is 5. The first-order valence-corrected chi connectivity index (χ1v) is 8.73. The number of ketones is 1. The lowest BCUT2D eigenvalue weighted by Gasteiger charge is -2.27. The summed E-state index contributed by atoms with van der Waals surface area (Å²) in [7, 11) is 0. The van der Waals surface area contributed by atoms with Crippen LogP contribution in [-0.4, -0.2) is 42.2 Å². The number of benzene rings is 2. The van der Waals surface area contributed by atoms with Gasteiger partial charge in [-0.1, -0.05) is 18.7 Å². The highest BCUT2D eigenvalue weighted by Crippen LogP contribution is 2.43. The Kier molecular flexibility index (Phi) is 5.11. The molecule has 0 saturated heterocycles. The molecule has 0 bridgehead atoms. The van der Waals surface area contributed by atoms with Gasteiger partial charge < -0.3 is 20.8 Å². The Balaban J connectivity index is 2.04. The molecule has 1 aliphatic rings. The van der Waals surface area contributed by atoms with Crippen molar-refractivity contribution in [3.8, 4) is 5.75 Å². The molecule has 0 unspecified atom stereocenters. The number of fused-ring (bicyclic) bond motifs is 2. The topological polar surface area (TPSA) is 81.6 Å². The minimum absolute atomic E-state index is 0.0144. The summed E-state index contributed by atoms with van der Waals surface area (Å²) in [5.41, 5.74) is 5.86. The van der Waals surface area contributed by atoms with Crippen molar-refractivity contribution in [3.05, 3.63) is 64.2 Å². The van der Waals surface area contributed by atoms with Gasteiger partial charge in [-0.3, -0.25) is 4.79 Å². The van der Waals surface area contributed by atoms with Crippen molar-refractivity contribution in [1.29, 1.82) is 0 Å². The molecule has 0 aromatic heterocycles. The molecule has 5 heteroatoms. The molecule has 136 valence electrons. The molecule has 2 aromatic rings. The molecular formula is C21H24N2O3. The number of aryl methyl sites for hydroxylation is 2. The summed E-state index contributed by atoms with van der Waals surface area (Å²) in [6.45, 7) is 10.0. The van der Waals surface area contributed by atoms with Crippen LogP contribution in [0.5, 0.6) is 5.75 Å². The molecule has 0 aliphatic heterocycles. The second kappa shape index (κ2) is 7.32. The van der Waals surface area contributed by atoms with Crippen molar-refractivity contribution in [1.82, 2.24) is 5.32 Å². The summed E-state index contributed by atoms with van der Waals surface area (Å²) in [6, 6.07) is 7.24. The second-order valence-electron chi connectivity index (χ2n) is 6.54. The van der Waals surface area contributed by atoms with E-state index >= 15 is 0 Å². The molecule has 0 amide bonds. The Morgan fingerprint density at radius 3 is 2.27 bits per heavy atom. The minimum Gasteiger partial charge on any atom is -0.507 e. The van der Waals surface area contributed by atoms with Crippen LogP contribution in [0, 0.1) is 13.8 Å². The van der Waals surface area contributed by atoms with E-state index in [1.165, 1.54) is 0 Å². The van der Waals surface area contributed by atoms with Crippen LogP contribution in [0.4, 0.5) is 5.69 Å². The monoisotopic (exact) mass is 352 g/mol. The number of phenols is 1. The Hall–Kier alpha value is -2.63. The van der Waals surface area contributed by atoms with Crippen LogP contribution in [0.2, 0.25) is 0 Å². The molecule has 4 N–H and O–H groups in total. The molecule has 0 spiro atoms. The van der Waals surface area contributed by atoms with E-state index in [1.807, 2.05) is 32.0 Å². The fraction of sp³-hybridized carbons (Fsp3) is 0.286. The number of aromatic hydroxyl groups is 1. The minimum atomic E-state index is -0.182. The van der Waals surface area contributed by atoms with Gasteiger partial charge in [0.15, 0.2) is 5.78 Å². The van der Waals surface area contributed by atoms with E-state index in [0.717, 1.165) is 33.5 Å². The van der Waals surface area contributed by atoms with E-state index in [0.29, 0.717) is 30.8 Å². The molecule has 0 saturated carbocycles. The predicted octanol–water partition coefficient (Wildman–Crippen LogP) is 2.61. The van der Waals surface area contributed by atoms with Crippen LogP contribution in [-0.2, 0) is 0 Å². The van der Waals surface area contributed by atoms with Crippen molar-refractivity contribution in [3.63, 3.8) is 0 Å². The zero-order valence-corrected chi connectivity index (χ0v) is 15.1. The normalized spacial score (nSPS) is 12.7. The average molecular weight is 352 g/mol. The highest BCUT2D eigenvalue weighted by atomic mass is 16.3. The molecule has 5 nitrogen and oxygen atoms in total. The van der Waals surface area contributed by atoms with Gasteiger partial charge in [-0.25, -0.2) is 0 Å². The van der Waals surface area contributed by atoms with E-state index in [2.05, 4.69) is 17.2 Å². The SMILES string of the molecule is C=C1c2c(C)ccc(O)c2C(=O)c2c(NCCNCCO)ccc(C)c21. The maximum absolute atomic E-state index is 13.2. The molecule has 0 fully saturated rings. The van der Waals surface area contributed by atoms with Gasteiger partial charge in [0.1, 0.15) is 5.75 Å². The highest BCUT2D eigenvalue weighted by molar-refractivity contribution is 6.23. The number of nitrogens with one attached hydrogen (secondary N) is 2. The Morgan fingerprint density at radius 2 is 1.58 bits per heavy atom. The van der Waals surface area contributed by atoms with Crippen molar-refractivity contribution in [2.45, 2.75) is 13.8 Å². The maximum atomic E-state index is 13.2. The van der Waals surface area contributed by atoms with E-state index in [1.54, 1.807) is 6.07 Å². The summed E-state index contributed by atoms with van der Waals surface area (Å²) >= 11 is 0. The van der Waals surface area contributed by atoms with Crippen LogP contribution in [0.1, 0.15) is 38.2 Å². The van der Waals surface area contributed by atoms with Crippen LogP contribution < -0.4 is 10.6 Å². The summed E-state index contributed by atoms with van der Waals surface area (Å²) in [5, 5.41) is 25.5. The number of rotatable bonds is 6. The van der Waals surface area contributed by atoms with Crippen molar-refractivity contribution < 1.29 is 15.0 Å². The number of aliphatic hydroxyl groups is 1. The van der Waals surface area contributed by atoms with E-state index in [4.69, 9.17) is 5.11 Å². The van der Waals surface area contributed by atoms with Crippen LogP contribution >= 0.6 is 0 Å². The molecule has 0 radical (unpaired) electrons. The van der Waals surface area contributed by atoms with Gasteiger partial charge >= 0.3 is 0 Å². The van der Waals surface area contributed by atoms with Gasteiger partial charge in [-0.2, -0.15) is 0 Å². The fourth-order valence-corrected chi connectivity index (χ4v) is 3.53. The molecule has 1 aliphatic carbocycles. The summed E-state index contributed by atoms with van der Waals surface area (Å²) in [6.07, 6.45) is 0. The van der Waals surface area contributed by atoms with E-state index in [9.17, 15) is 9.90 Å². The predicted molar refractivity (Wildman–Crippen MR) is 104 cm³/mol. The first-order valence-electron chi connectivity index (χ1n) is 8.73. The second-order valence-corrected chi connectivity index (χ2v) is 6.54. The van der Waals surface area contributed by atoms with Gasteiger partial charge in [0.2, 0.25) is 0 Å². The average Bonchev–Trinajstić information content (AvgIpc) is 2.62. The van der Waals surface area contributed by atoms with Crippen molar-refractivity contribution in [2.24, 2.45) is 0 Å². The highest BCUT2D eigenvalue weighted by Gasteiger charge is 2.32.